The monoisotopic (exact) mass is 275 g/mol. The lowest BCUT2D eigenvalue weighted by molar-refractivity contribution is 0.0912. The van der Waals surface area contributed by atoms with Crippen LogP contribution in [0.3, 0.4) is 0 Å². The number of amides is 1. The highest BCUT2D eigenvalue weighted by Gasteiger charge is 2.15. The molecule has 5 heteroatoms. The SMILES string of the molecule is COc1ccc([C@@H](C)NC(=O)c2ccco2)cc1OC. The Balaban J connectivity index is 2.13. The molecule has 106 valence electrons. The van der Waals surface area contributed by atoms with E-state index in [9.17, 15) is 4.79 Å². The highest BCUT2D eigenvalue weighted by Crippen LogP contribution is 2.29. The number of benzene rings is 1. The smallest absolute Gasteiger partial charge is 0.287 e. The second-order valence-corrected chi connectivity index (χ2v) is 4.29. The van der Waals surface area contributed by atoms with E-state index >= 15 is 0 Å². The molecule has 0 bridgehead atoms. The lowest BCUT2D eigenvalue weighted by Gasteiger charge is -2.15. The van der Waals surface area contributed by atoms with Gasteiger partial charge in [0.2, 0.25) is 0 Å². The minimum atomic E-state index is -0.253. The maximum atomic E-state index is 11.9. The highest BCUT2D eigenvalue weighted by atomic mass is 16.5. The number of carbonyl (C=O) groups excluding carboxylic acids is 1. The van der Waals surface area contributed by atoms with Crippen molar-refractivity contribution in [3.63, 3.8) is 0 Å². The molecule has 1 amide bonds. The molecule has 0 fully saturated rings. The summed E-state index contributed by atoms with van der Waals surface area (Å²) < 4.78 is 15.5. The molecule has 1 heterocycles. The first-order valence-electron chi connectivity index (χ1n) is 6.22. The molecule has 0 saturated carbocycles. The van der Waals surface area contributed by atoms with Crippen LogP contribution in [0, 0.1) is 0 Å². The van der Waals surface area contributed by atoms with Gasteiger partial charge >= 0.3 is 0 Å². The summed E-state index contributed by atoms with van der Waals surface area (Å²) in [6.45, 7) is 1.89. The Kier molecular flexibility index (Phi) is 4.30. The van der Waals surface area contributed by atoms with Crippen molar-refractivity contribution in [2.24, 2.45) is 0 Å². The summed E-state index contributed by atoms with van der Waals surface area (Å²) in [5.41, 5.74) is 0.919. The molecular formula is C15H17NO4. The summed E-state index contributed by atoms with van der Waals surface area (Å²) in [6, 6.07) is 8.66. The number of methoxy groups -OCH3 is 2. The molecule has 2 rings (SSSR count). The van der Waals surface area contributed by atoms with Gasteiger partial charge in [-0.25, -0.2) is 0 Å². The van der Waals surface area contributed by atoms with E-state index in [1.165, 1.54) is 6.26 Å². The Labute approximate surface area is 117 Å². The van der Waals surface area contributed by atoms with Crippen molar-refractivity contribution < 1.29 is 18.7 Å². The fraction of sp³-hybridized carbons (Fsp3) is 0.267. The van der Waals surface area contributed by atoms with E-state index in [2.05, 4.69) is 5.32 Å². The van der Waals surface area contributed by atoms with E-state index in [1.807, 2.05) is 25.1 Å². The van der Waals surface area contributed by atoms with E-state index in [-0.39, 0.29) is 17.7 Å². The molecule has 0 aliphatic heterocycles. The second kappa shape index (κ2) is 6.14. The van der Waals surface area contributed by atoms with Gasteiger partial charge < -0.3 is 19.2 Å². The van der Waals surface area contributed by atoms with Crippen molar-refractivity contribution in [3.8, 4) is 11.5 Å². The van der Waals surface area contributed by atoms with E-state index in [0.717, 1.165) is 5.56 Å². The summed E-state index contributed by atoms with van der Waals surface area (Å²) in [5.74, 6) is 1.32. The zero-order valence-electron chi connectivity index (χ0n) is 11.7. The predicted octanol–water partition coefficient (Wildman–Crippen LogP) is 2.79. The van der Waals surface area contributed by atoms with Crippen LogP contribution in [0.5, 0.6) is 11.5 Å². The lowest BCUT2D eigenvalue weighted by atomic mass is 10.1. The van der Waals surface area contributed by atoms with Crippen LogP contribution in [0.1, 0.15) is 29.1 Å². The number of carbonyl (C=O) groups is 1. The van der Waals surface area contributed by atoms with E-state index in [1.54, 1.807) is 26.4 Å². The summed E-state index contributed by atoms with van der Waals surface area (Å²) in [5, 5.41) is 2.86. The van der Waals surface area contributed by atoms with Crippen LogP contribution in [-0.2, 0) is 0 Å². The third kappa shape index (κ3) is 2.93. The first-order chi connectivity index (χ1) is 9.65. The van der Waals surface area contributed by atoms with Crippen molar-refractivity contribution in [1.82, 2.24) is 5.32 Å². The van der Waals surface area contributed by atoms with Crippen molar-refractivity contribution in [3.05, 3.63) is 47.9 Å². The molecule has 0 unspecified atom stereocenters. The molecule has 5 nitrogen and oxygen atoms in total. The third-order valence-corrected chi connectivity index (χ3v) is 3.00. The van der Waals surface area contributed by atoms with Crippen LogP contribution in [0.15, 0.2) is 41.0 Å². The van der Waals surface area contributed by atoms with Crippen LogP contribution in [0.4, 0.5) is 0 Å². The number of nitrogens with one attached hydrogen (secondary N) is 1. The number of ether oxygens (including phenoxy) is 2. The van der Waals surface area contributed by atoms with Gasteiger partial charge in [0.15, 0.2) is 17.3 Å². The number of rotatable bonds is 5. The summed E-state index contributed by atoms with van der Waals surface area (Å²) in [6.07, 6.45) is 1.47. The van der Waals surface area contributed by atoms with Gasteiger partial charge in [-0.15, -0.1) is 0 Å². The van der Waals surface area contributed by atoms with Gasteiger partial charge in [-0.2, -0.15) is 0 Å². The lowest BCUT2D eigenvalue weighted by Crippen LogP contribution is -2.26. The van der Waals surface area contributed by atoms with Crippen molar-refractivity contribution in [2.75, 3.05) is 14.2 Å². The van der Waals surface area contributed by atoms with E-state index < -0.39 is 0 Å². The van der Waals surface area contributed by atoms with Gasteiger partial charge in [0.05, 0.1) is 26.5 Å². The molecule has 2 aromatic rings. The first kappa shape index (κ1) is 14.0. The van der Waals surface area contributed by atoms with Crippen LogP contribution in [0.2, 0.25) is 0 Å². The van der Waals surface area contributed by atoms with Gasteiger partial charge in [-0.05, 0) is 36.8 Å². The largest absolute Gasteiger partial charge is 0.493 e. The standard InChI is InChI=1S/C15H17NO4/c1-10(16-15(17)13-5-4-8-20-13)11-6-7-12(18-2)14(9-11)19-3/h4-10H,1-3H3,(H,16,17)/t10-/m1/s1. The molecule has 0 spiro atoms. The Morgan fingerprint density at radius 3 is 2.55 bits per heavy atom. The predicted molar refractivity (Wildman–Crippen MR) is 74.1 cm³/mol. The van der Waals surface area contributed by atoms with Crippen LogP contribution in [-0.4, -0.2) is 20.1 Å². The molecular weight excluding hydrogens is 258 g/mol. The van der Waals surface area contributed by atoms with Gasteiger partial charge in [0.1, 0.15) is 0 Å². The number of hydrogen-bond acceptors (Lipinski definition) is 4. The number of hydrogen-bond donors (Lipinski definition) is 1. The Hall–Kier alpha value is -2.43. The fourth-order valence-electron chi connectivity index (χ4n) is 1.88. The third-order valence-electron chi connectivity index (χ3n) is 3.00. The molecule has 0 radical (unpaired) electrons. The van der Waals surface area contributed by atoms with E-state index in [0.29, 0.717) is 11.5 Å². The molecule has 1 N–H and O–H groups in total. The normalized spacial score (nSPS) is 11.8. The van der Waals surface area contributed by atoms with Gasteiger partial charge in [-0.1, -0.05) is 6.07 Å². The van der Waals surface area contributed by atoms with Crippen molar-refractivity contribution >= 4 is 5.91 Å². The van der Waals surface area contributed by atoms with Gasteiger partial charge in [-0.3, -0.25) is 4.79 Å². The van der Waals surface area contributed by atoms with Crippen molar-refractivity contribution in [1.29, 1.82) is 0 Å². The quantitative estimate of drug-likeness (QED) is 0.911. The maximum absolute atomic E-state index is 11.9. The Bertz CT molecular complexity index is 578. The average molecular weight is 275 g/mol. The molecule has 1 aromatic heterocycles. The topological polar surface area (TPSA) is 60.7 Å². The van der Waals surface area contributed by atoms with Crippen LogP contribution < -0.4 is 14.8 Å². The van der Waals surface area contributed by atoms with Crippen molar-refractivity contribution in [2.45, 2.75) is 13.0 Å². The molecule has 1 atom stereocenters. The Morgan fingerprint density at radius 1 is 1.20 bits per heavy atom. The summed E-state index contributed by atoms with van der Waals surface area (Å²) in [4.78, 5) is 11.9. The van der Waals surface area contributed by atoms with Gasteiger partial charge in [0.25, 0.3) is 5.91 Å². The second-order valence-electron chi connectivity index (χ2n) is 4.29. The maximum Gasteiger partial charge on any atom is 0.287 e. The summed E-state index contributed by atoms with van der Waals surface area (Å²) in [7, 11) is 3.16. The van der Waals surface area contributed by atoms with Crippen LogP contribution >= 0.6 is 0 Å². The Morgan fingerprint density at radius 2 is 1.95 bits per heavy atom. The zero-order chi connectivity index (χ0) is 14.5. The van der Waals surface area contributed by atoms with Gasteiger partial charge in [0, 0.05) is 0 Å². The summed E-state index contributed by atoms with van der Waals surface area (Å²) >= 11 is 0. The number of furan rings is 1. The highest BCUT2D eigenvalue weighted by molar-refractivity contribution is 5.91. The van der Waals surface area contributed by atoms with E-state index in [4.69, 9.17) is 13.9 Å². The minimum absolute atomic E-state index is 0.174. The molecule has 1 aromatic carbocycles. The average Bonchev–Trinajstić information content (AvgIpc) is 3.00. The fourth-order valence-corrected chi connectivity index (χ4v) is 1.88. The minimum Gasteiger partial charge on any atom is -0.493 e. The zero-order valence-corrected chi connectivity index (χ0v) is 11.7. The molecule has 0 saturated heterocycles. The molecule has 20 heavy (non-hydrogen) atoms. The molecule has 0 aliphatic rings. The molecule has 0 aliphatic carbocycles. The van der Waals surface area contributed by atoms with Crippen LogP contribution in [0.25, 0.3) is 0 Å². The first-order valence-corrected chi connectivity index (χ1v) is 6.22.